The Kier molecular flexibility index (Phi) is 4.61. The third kappa shape index (κ3) is 2.81. The predicted octanol–water partition coefficient (Wildman–Crippen LogP) is 0.929. The maximum atomic E-state index is 13.7. The van der Waals surface area contributed by atoms with Crippen molar-refractivity contribution in [2.45, 2.75) is 70.6 Å². The van der Waals surface area contributed by atoms with Gasteiger partial charge in [-0.15, -0.1) is 0 Å². The second kappa shape index (κ2) is 7.71. The van der Waals surface area contributed by atoms with E-state index >= 15 is 0 Å². The van der Waals surface area contributed by atoms with Gasteiger partial charge in [0.05, 0.1) is 0 Å². The minimum Gasteiger partial charge on any atom is -0.287 e. The van der Waals surface area contributed by atoms with Gasteiger partial charge in [0.25, 0.3) is 11.1 Å². The minimum atomic E-state index is -0.820. The second-order valence-corrected chi connectivity index (χ2v) is 10.3. The van der Waals surface area contributed by atoms with E-state index in [9.17, 15) is 19.2 Å². The van der Waals surface area contributed by atoms with E-state index in [1.54, 1.807) is 0 Å². The normalized spacial score (nSPS) is 16.6. The molecule has 0 unspecified atom stereocenters. The van der Waals surface area contributed by atoms with Gasteiger partial charge < -0.3 is 0 Å². The van der Waals surface area contributed by atoms with Crippen molar-refractivity contribution in [2.75, 3.05) is 0 Å². The fourth-order valence-electron chi connectivity index (χ4n) is 6.46. The molecule has 4 heterocycles. The van der Waals surface area contributed by atoms with Gasteiger partial charge in [0.2, 0.25) is 10.9 Å². The highest BCUT2D eigenvalue weighted by Gasteiger charge is 2.27. The summed E-state index contributed by atoms with van der Waals surface area (Å²) in [6, 6.07) is 0. The molecule has 1 aromatic carbocycles. The van der Waals surface area contributed by atoms with Crippen molar-refractivity contribution in [3.05, 3.63) is 74.4 Å². The maximum Gasteiger partial charge on any atom is 0.271 e. The molecule has 186 valence electrons. The minimum absolute atomic E-state index is 0.0120. The van der Waals surface area contributed by atoms with Crippen LogP contribution in [0.15, 0.2) is 19.2 Å². The highest BCUT2D eigenvalue weighted by Crippen LogP contribution is 2.24. The molecule has 0 spiro atoms. The lowest BCUT2D eigenvalue weighted by molar-refractivity contribution is 0.617. The Labute approximate surface area is 207 Å². The molecule has 2 N–H and O–H groups in total. The molecular formula is C27H24N6O4. The van der Waals surface area contributed by atoms with Gasteiger partial charge in [0.1, 0.15) is 44.1 Å². The van der Waals surface area contributed by atoms with Crippen LogP contribution in [-0.2, 0) is 25.7 Å². The van der Waals surface area contributed by atoms with E-state index in [2.05, 4.69) is 9.97 Å². The van der Waals surface area contributed by atoms with Gasteiger partial charge in [0, 0.05) is 22.3 Å². The Balaban J connectivity index is 1.68. The molecule has 0 fully saturated rings. The van der Waals surface area contributed by atoms with Crippen molar-refractivity contribution in [3.63, 3.8) is 0 Å². The molecular weight excluding hydrogens is 472 g/mol. The molecule has 2 aliphatic carbocycles. The van der Waals surface area contributed by atoms with Gasteiger partial charge in [-0.3, -0.25) is 30.0 Å². The lowest BCUT2D eigenvalue weighted by Crippen LogP contribution is -2.34. The summed E-state index contributed by atoms with van der Waals surface area (Å²) in [6.45, 7) is 0. The quantitative estimate of drug-likeness (QED) is 0.240. The van der Waals surface area contributed by atoms with Crippen molar-refractivity contribution < 1.29 is 0 Å². The lowest BCUT2D eigenvalue weighted by atomic mass is 9.96. The summed E-state index contributed by atoms with van der Waals surface area (Å²) in [4.78, 5) is 63.6. The standard InChI is InChI=1S/C27H24N6O4/c28-22-12-8-4-1-2-5-10-14(12)24-30-18-16(26(36)32(22)24)21(35)19-17(20(18)34)27(37)33-23(29)13-9-6-3-7-11-15(13)25(33)31-19/h28-29H,1-11H2. The van der Waals surface area contributed by atoms with Crippen molar-refractivity contribution in [3.8, 4) is 0 Å². The number of aromatic nitrogens is 4. The van der Waals surface area contributed by atoms with Crippen molar-refractivity contribution >= 4 is 33.1 Å². The fraction of sp³-hybridized carbons (Fsp3) is 0.407. The topological polar surface area (TPSA) is 151 Å². The first-order valence-electron chi connectivity index (χ1n) is 13.0. The number of hydrogen-bond acceptors (Lipinski definition) is 8. The maximum absolute atomic E-state index is 13.7. The Morgan fingerprint density at radius 3 is 1.27 bits per heavy atom. The molecule has 0 bridgehead atoms. The van der Waals surface area contributed by atoms with Crippen LogP contribution >= 0.6 is 0 Å². The molecule has 0 radical (unpaired) electrons. The summed E-state index contributed by atoms with van der Waals surface area (Å²) in [7, 11) is 0. The molecule has 5 aromatic rings. The van der Waals surface area contributed by atoms with Crippen LogP contribution in [0.1, 0.15) is 67.2 Å². The van der Waals surface area contributed by atoms with Gasteiger partial charge in [-0.05, 0) is 51.4 Å². The monoisotopic (exact) mass is 496 g/mol. The first-order chi connectivity index (χ1) is 17.9. The van der Waals surface area contributed by atoms with Crippen molar-refractivity contribution in [1.29, 1.82) is 10.8 Å². The average molecular weight is 497 g/mol. The Bertz CT molecular complexity index is 2150. The highest BCUT2D eigenvalue weighted by molar-refractivity contribution is 5.95. The first-order valence-corrected chi connectivity index (χ1v) is 13.0. The third-order valence-electron chi connectivity index (χ3n) is 8.30. The SMILES string of the molecule is N=c1c2c(c3nc4c(=O)c5c(=O)n6c(=N)c7c(c6nc5c(=O)c4c(=O)n13)CCCCC7)CCCCCC2. The summed E-state index contributed by atoms with van der Waals surface area (Å²) >= 11 is 0. The zero-order valence-electron chi connectivity index (χ0n) is 20.2. The molecule has 37 heavy (non-hydrogen) atoms. The van der Waals surface area contributed by atoms with Gasteiger partial charge in [0.15, 0.2) is 0 Å². The van der Waals surface area contributed by atoms with Crippen LogP contribution < -0.4 is 33.0 Å². The Hall–Kier alpha value is -4.08. The molecule has 0 amide bonds. The van der Waals surface area contributed by atoms with Crippen molar-refractivity contribution in [2.24, 2.45) is 0 Å². The summed E-state index contributed by atoms with van der Waals surface area (Å²) in [6.07, 6.45) is 9.15. The molecule has 10 heteroatoms. The summed E-state index contributed by atoms with van der Waals surface area (Å²) in [5.41, 5.74) is -0.374. The van der Waals surface area contributed by atoms with Gasteiger partial charge in [-0.2, -0.15) is 0 Å². The molecule has 0 aliphatic heterocycles. The number of hydrogen-bond donors (Lipinski definition) is 2. The van der Waals surface area contributed by atoms with E-state index in [0.29, 0.717) is 25.7 Å². The number of nitrogens with zero attached hydrogens (tertiary/aromatic N) is 4. The first kappa shape index (κ1) is 22.1. The smallest absolute Gasteiger partial charge is 0.271 e. The van der Waals surface area contributed by atoms with E-state index in [1.807, 2.05) is 0 Å². The van der Waals surface area contributed by atoms with Crippen LogP contribution in [0.25, 0.3) is 33.1 Å². The van der Waals surface area contributed by atoms with Gasteiger partial charge >= 0.3 is 0 Å². The van der Waals surface area contributed by atoms with Crippen LogP contribution in [-0.4, -0.2) is 18.8 Å². The highest BCUT2D eigenvalue weighted by atomic mass is 16.2. The molecule has 0 saturated carbocycles. The van der Waals surface area contributed by atoms with Crippen LogP contribution in [0.2, 0.25) is 0 Å². The number of nitrogens with one attached hydrogen (secondary N) is 2. The van der Waals surface area contributed by atoms with E-state index in [4.69, 9.17) is 10.8 Å². The molecule has 10 nitrogen and oxygen atoms in total. The second-order valence-electron chi connectivity index (χ2n) is 10.3. The molecule has 0 saturated heterocycles. The Morgan fingerprint density at radius 2 is 0.865 bits per heavy atom. The van der Waals surface area contributed by atoms with Gasteiger partial charge in [-0.1, -0.05) is 19.3 Å². The lowest BCUT2D eigenvalue weighted by Gasteiger charge is -2.08. The van der Waals surface area contributed by atoms with E-state index in [0.717, 1.165) is 76.0 Å². The van der Waals surface area contributed by atoms with Gasteiger partial charge in [-0.25, -0.2) is 18.8 Å². The zero-order chi connectivity index (χ0) is 25.6. The van der Waals surface area contributed by atoms with Crippen LogP contribution in [0, 0.1) is 10.8 Å². The largest absolute Gasteiger partial charge is 0.287 e. The summed E-state index contributed by atoms with van der Waals surface area (Å²) in [5.74, 6) is 0. The van der Waals surface area contributed by atoms with Crippen LogP contribution in [0.3, 0.4) is 0 Å². The molecule has 2 aliphatic rings. The van der Waals surface area contributed by atoms with Crippen molar-refractivity contribution in [1.82, 2.24) is 18.8 Å². The molecule has 0 atom stereocenters. The van der Waals surface area contributed by atoms with Crippen LogP contribution in [0.5, 0.6) is 0 Å². The number of benzene rings is 1. The zero-order valence-corrected chi connectivity index (χ0v) is 20.2. The molecule has 7 rings (SSSR count). The predicted molar refractivity (Wildman–Crippen MR) is 136 cm³/mol. The number of fused-ring (bicyclic) bond motifs is 8. The van der Waals surface area contributed by atoms with E-state index < -0.39 is 32.7 Å². The van der Waals surface area contributed by atoms with Crippen LogP contribution in [0.4, 0.5) is 0 Å². The number of aryl methyl sites for hydroxylation is 2. The third-order valence-corrected chi connectivity index (χ3v) is 8.30. The summed E-state index contributed by atoms with van der Waals surface area (Å²) in [5, 5.41) is 16.5. The Morgan fingerprint density at radius 1 is 0.514 bits per heavy atom. The molecule has 4 aromatic heterocycles. The average Bonchev–Trinajstić information content (AvgIpc) is 3.13. The van der Waals surface area contributed by atoms with E-state index in [-0.39, 0.29) is 33.3 Å². The summed E-state index contributed by atoms with van der Waals surface area (Å²) < 4.78 is 2.28. The fourth-order valence-corrected chi connectivity index (χ4v) is 6.46. The van der Waals surface area contributed by atoms with E-state index in [1.165, 1.54) is 0 Å². The number of rotatable bonds is 0.